The van der Waals surface area contributed by atoms with Crippen molar-refractivity contribution in [2.24, 2.45) is 0 Å². The van der Waals surface area contributed by atoms with Crippen LogP contribution in [-0.2, 0) is 13.1 Å². The van der Waals surface area contributed by atoms with Gasteiger partial charge >= 0.3 is 0 Å². The second-order valence-electron chi connectivity index (χ2n) is 7.20. The van der Waals surface area contributed by atoms with Gasteiger partial charge in [0.05, 0.1) is 17.7 Å². The highest BCUT2D eigenvalue weighted by atomic mass is 19.1. The first-order valence-corrected chi connectivity index (χ1v) is 9.49. The predicted molar refractivity (Wildman–Crippen MR) is 109 cm³/mol. The fourth-order valence-corrected chi connectivity index (χ4v) is 3.51. The molecule has 0 aliphatic carbocycles. The van der Waals surface area contributed by atoms with Crippen molar-refractivity contribution in [3.05, 3.63) is 106 Å². The van der Waals surface area contributed by atoms with E-state index in [1.807, 2.05) is 30.3 Å². The van der Waals surface area contributed by atoms with Crippen LogP contribution in [0.3, 0.4) is 0 Å². The number of hydrogen-bond acceptors (Lipinski definition) is 3. The molecular weight excluding hydrogens is 383 g/mol. The van der Waals surface area contributed by atoms with Gasteiger partial charge in [0, 0.05) is 24.7 Å². The number of nitrogens with zero attached hydrogens (tertiary/aromatic N) is 2. The van der Waals surface area contributed by atoms with Crippen molar-refractivity contribution < 1.29 is 18.8 Å². The van der Waals surface area contributed by atoms with Gasteiger partial charge in [-0.3, -0.25) is 19.3 Å². The zero-order chi connectivity index (χ0) is 21.3. The van der Waals surface area contributed by atoms with Gasteiger partial charge in [-0.05, 0) is 29.8 Å². The summed E-state index contributed by atoms with van der Waals surface area (Å²) in [4.78, 5) is 40.9. The first-order valence-electron chi connectivity index (χ1n) is 9.49. The SMILES string of the molecule is CN(Cc1ccccc1F)C(=O)c1ccc2c(c1)C(=O)N(Cc1ccccc1)C2=O. The maximum absolute atomic E-state index is 13.9. The Morgan fingerprint density at radius 3 is 2.30 bits per heavy atom. The van der Waals surface area contributed by atoms with E-state index >= 15 is 0 Å². The topological polar surface area (TPSA) is 57.7 Å². The molecule has 0 bridgehead atoms. The van der Waals surface area contributed by atoms with Crippen molar-refractivity contribution in [1.29, 1.82) is 0 Å². The molecule has 1 heterocycles. The lowest BCUT2D eigenvalue weighted by molar-refractivity contribution is 0.0642. The molecule has 0 spiro atoms. The molecule has 3 aromatic rings. The quantitative estimate of drug-likeness (QED) is 0.609. The van der Waals surface area contributed by atoms with Gasteiger partial charge in [-0.15, -0.1) is 0 Å². The molecule has 3 aromatic carbocycles. The molecule has 1 aliphatic rings. The van der Waals surface area contributed by atoms with Crippen LogP contribution < -0.4 is 0 Å². The lowest BCUT2D eigenvalue weighted by atomic mass is 10.0. The van der Waals surface area contributed by atoms with Crippen molar-refractivity contribution in [2.45, 2.75) is 13.1 Å². The van der Waals surface area contributed by atoms with E-state index in [2.05, 4.69) is 0 Å². The van der Waals surface area contributed by atoms with Gasteiger partial charge in [0.15, 0.2) is 0 Å². The van der Waals surface area contributed by atoms with Gasteiger partial charge in [-0.25, -0.2) is 4.39 Å². The molecule has 30 heavy (non-hydrogen) atoms. The average Bonchev–Trinajstić information content (AvgIpc) is 3.00. The summed E-state index contributed by atoms with van der Waals surface area (Å²) in [6.45, 7) is 0.263. The van der Waals surface area contributed by atoms with Gasteiger partial charge in [0.1, 0.15) is 5.82 Å². The van der Waals surface area contributed by atoms with E-state index in [0.717, 1.165) is 5.56 Å². The molecule has 1 aliphatic heterocycles. The van der Waals surface area contributed by atoms with Crippen LogP contribution in [0.1, 0.15) is 42.2 Å². The second kappa shape index (κ2) is 7.91. The highest BCUT2D eigenvalue weighted by molar-refractivity contribution is 6.22. The largest absolute Gasteiger partial charge is 0.337 e. The molecule has 0 unspecified atom stereocenters. The number of halogens is 1. The van der Waals surface area contributed by atoms with E-state index in [9.17, 15) is 18.8 Å². The maximum atomic E-state index is 13.9. The van der Waals surface area contributed by atoms with Crippen LogP contribution in [-0.4, -0.2) is 34.6 Å². The molecular formula is C24H19FN2O3. The van der Waals surface area contributed by atoms with Crippen LogP contribution in [0.5, 0.6) is 0 Å². The monoisotopic (exact) mass is 402 g/mol. The zero-order valence-electron chi connectivity index (χ0n) is 16.3. The highest BCUT2D eigenvalue weighted by Crippen LogP contribution is 2.26. The predicted octanol–water partition coefficient (Wildman–Crippen LogP) is 3.89. The number of amides is 3. The van der Waals surface area contributed by atoms with Crippen LogP contribution in [0, 0.1) is 5.82 Å². The number of hydrogen-bond donors (Lipinski definition) is 0. The minimum atomic E-state index is -0.426. The summed E-state index contributed by atoms with van der Waals surface area (Å²) in [5.41, 5.74) is 2.00. The third-order valence-corrected chi connectivity index (χ3v) is 5.11. The minimum absolute atomic E-state index is 0.0929. The molecule has 6 heteroatoms. The van der Waals surface area contributed by atoms with E-state index in [1.165, 1.54) is 34.1 Å². The Morgan fingerprint density at radius 1 is 0.900 bits per heavy atom. The van der Waals surface area contributed by atoms with Crippen LogP contribution in [0.2, 0.25) is 0 Å². The molecule has 0 aromatic heterocycles. The van der Waals surface area contributed by atoms with Gasteiger partial charge in [0.25, 0.3) is 17.7 Å². The van der Waals surface area contributed by atoms with Gasteiger partial charge in [-0.1, -0.05) is 48.5 Å². The summed E-state index contributed by atoms with van der Waals surface area (Å²) >= 11 is 0. The summed E-state index contributed by atoms with van der Waals surface area (Å²) in [5, 5.41) is 0. The van der Waals surface area contributed by atoms with Crippen LogP contribution in [0.25, 0.3) is 0 Å². The van der Waals surface area contributed by atoms with Crippen LogP contribution in [0.4, 0.5) is 4.39 Å². The molecule has 0 N–H and O–H groups in total. The van der Waals surface area contributed by atoms with E-state index < -0.39 is 5.91 Å². The summed E-state index contributed by atoms with van der Waals surface area (Å²) in [7, 11) is 1.57. The fourth-order valence-electron chi connectivity index (χ4n) is 3.51. The molecule has 0 saturated carbocycles. The molecule has 4 rings (SSSR count). The van der Waals surface area contributed by atoms with Gasteiger partial charge in [0.2, 0.25) is 0 Å². The van der Waals surface area contributed by atoms with E-state index in [1.54, 1.807) is 25.2 Å². The fraction of sp³-hybridized carbons (Fsp3) is 0.125. The second-order valence-corrected chi connectivity index (χ2v) is 7.20. The Hall–Kier alpha value is -3.80. The molecule has 5 nitrogen and oxygen atoms in total. The Balaban J connectivity index is 1.55. The normalized spacial score (nSPS) is 12.8. The van der Waals surface area contributed by atoms with Gasteiger partial charge in [-0.2, -0.15) is 0 Å². The number of carbonyl (C=O) groups excluding carboxylic acids is 3. The van der Waals surface area contributed by atoms with Crippen molar-refractivity contribution in [1.82, 2.24) is 9.80 Å². The zero-order valence-corrected chi connectivity index (χ0v) is 16.3. The Morgan fingerprint density at radius 2 is 1.57 bits per heavy atom. The van der Waals surface area contributed by atoms with Crippen molar-refractivity contribution >= 4 is 17.7 Å². The first kappa shape index (κ1) is 19.5. The summed E-state index contributed by atoms with van der Waals surface area (Å²) in [5.74, 6) is -1.55. The number of imide groups is 1. The minimum Gasteiger partial charge on any atom is -0.337 e. The molecule has 0 radical (unpaired) electrons. The first-order chi connectivity index (χ1) is 14.5. The van der Waals surface area contributed by atoms with Crippen molar-refractivity contribution in [3.63, 3.8) is 0 Å². The van der Waals surface area contributed by atoms with Crippen molar-refractivity contribution in [2.75, 3.05) is 7.05 Å². The molecule has 0 fully saturated rings. The smallest absolute Gasteiger partial charge is 0.261 e. The Kier molecular flexibility index (Phi) is 5.14. The number of fused-ring (bicyclic) bond motifs is 1. The summed E-state index contributed by atoms with van der Waals surface area (Å²) in [6.07, 6.45) is 0. The lowest BCUT2D eigenvalue weighted by Crippen LogP contribution is -2.29. The highest BCUT2D eigenvalue weighted by Gasteiger charge is 2.36. The molecule has 0 atom stereocenters. The average molecular weight is 402 g/mol. The van der Waals surface area contributed by atoms with Gasteiger partial charge < -0.3 is 4.90 Å². The van der Waals surface area contributed by atoms with Crippen LogP contribution in [0.15, 0.2) is 72.8 Å². The van der Waals surface area contributed by atoms with E-state index in [-0.39, 0.29) is 47.4 Å². The number of benzene rings is 3. The summed E-state index contributed by atoms with van der Waals surface area (Å²) < 4.78 is 13.9. The van der Waals surface area contributed by atoms with E-state index in [0.29, 0.717) is 5.56 Å². The van der Waals surface area contributed by atoms with E-state index in [4.69, 9.17) is 0 Å². The number of carbonyl (C=O) groups is 3. The third-order valence-electron chi connectivity index (χ3n) is 5.11. The standard InChI is InChI=1S/C24H19FN2O3/c1-26(15-18-9-5-6-10-21(18)25)22(28)17-11-12-19-20(13-17)24(30)27(23(19)29)14-16-7-3-2-4-8-16/h2-13H,14-15H2,1H3. The van der Waals surface area contributed by atoms with Crippen LogP contribution >= 0.6 is 0 Å². The van der Waals surface area contributed by atoms with Crippen molar-refractivity contribution in [3.8, 4) is 0 Å². The third kappa shape index (κ3) is 3.59. The molecule has 150 valence electrons. The Bertz CT molecular complexity index is 1140. The Labute approximate surface area is 173 Å². The lowest BCUT2D eigenvalue weighted by Gasteiger charge is -2.18. The summed E-state index contributed by atoms with van der Waals surface area (Å²) in [6, 6.07) is 20.0. The molecule has 3 amide bonds. The molecule has 0 saturated heterocycles. The number of rotatable bonds is 5. The maximum Gasteiger partial charge on any atom is 0.261 e.